The van der Waals surface area contributed by atoms with Crippen molar-refractivity contribution in [3.63, 3.8) is 0 Å². The van der Waals surface area contributed by atoms with Crippen molar-refractivity contribution < 1.29 is 9.59 Å². The first-order valence-corrected chi connectivity index (χ1v) is 14.9. The van der Waals surface area contributed by atoms with E-state index < -0.39 is 5.54 Å². The maximum atomic E-state index is 13.8. The third kappa shape index (κ3) is 5.37. The number of benzene rings is 1. The number of likely N-dealkylation sites (tertiary alicyclic amines) is 1. The number of carbonyl (C=O) groups excluding carboxylic acids is 2. The van der Waals surface area contributed by atoms with Gasteiger partial charge in [0.25, 0.3) is 0 Å². The Labute approximate surface area is 231 Å². The molecule has 3 fully saturated rings. The monoisotopic (exact) mass is 539 g/mol. The van der Waals surface area contributed by atoms with Crippen LogP contribution in [0.25, 0.3) is 5.69 Å². The minimum atomic E-state index is -0.737. The molecule has 1 aromatic heterocycles. The molecule has 1 aliphatic carbocycles. The minimum absolute atomic E-state index is 0.0553. The van der Waals surface area contributed by atoms with Gasteiger partial charge in [-0.1, -0.05) is 75.2 Å². The number of rotatable bonds is 8. The van der Waals surface area contributed by atoms with E-state index in [-0.39, 0.29) is 17.9 Å². The summed E-state index contributed by atoms with van der Waals surface area (Å²) in [6.07, 6.45) is 10.1. The third-order valence-corrected chi connectivity index (χ3v) is 9.41. The summed E-state index contributed by atoms with van der Waals surface area (Å²) in [5.41, 5.74) is 2.14. The number of carbonyl (C=O) groups is 2. The van der Waals surface area contributed by atoms with Crippen molar-refractivity contribution in [2.24, 2.45) is 5.92 Å². The lowest BCUT2D eigenvalue weighted by Crippen LogP contribution is -2.73. The quantitative estimate of drug-likeness (QED) is 0.496. The van der Waals surface area contributed by atoms with E-state index in [0.29, 0.717) is 37.0 Å². The van der Waals surface area contributed by atoms with Gasteiger partial charge in [-0.05, 0) is 50.7 Å². The summed E-state index contributed by atoms with van der Waals surface area (Å²) in [7, 11) is 0. The van der Waals surface area contributed by atoms with Gasteiger partial charge in [-0.25, -0.2) is 4.68 Å². The highest BCUT2D eigenvalue weighted by Crippen LogP contribution is 2.37. The maximum absolute atomic E-state index is 13.8. The number of hydrogen-bond donors (Lipinski definition) is 1. The van der Waals surface area contributed by atoms with Gasteiger partial charge in [-0.3, -0.25) is 14.5 Å². The van der Waals surface area contributed by atoms with Crippen LogP contribution >= 0.6 is 11.6 Å². The topological polar surface area (TPSA) is 70.5 Å². The highest BCUT2D eigenvalue weighted by molar-refractivity contribution is 6.30. The first-order chi connectivity index (χ1) is 18.4. The zero-order valence-corrected chi connectivity index (χ0v) is 23.7. The fourth-order valence-corrected chi connectivity index (χ4v) is 7.02. The van der Waals surface area contributed by atoms with Crippen molar-refractivity contribution in [1.29, 1.82) is 0 Å². The van der Waals surface area contributed by atoms with Crippen LogP contribution in [-0.4, -0.2) is 62.6 Å². The van der Waals surface area contributed by atoms with Crippen LogP contribution in [-0.2, 0) is 16.1 Å². The van der Waals surface area contributed by atoms with E-state index in [1.807, 2.05) is 42.2 Å². The summed E-state index contributed by atoms with van der Waals surface area (Å²) >= 11 is 6.80. The largest absolute Gasteiger partial charge is 0.342 e. The fourth-order valence-electron chi connectivity index (χ4n) is 6.69. The molecule has 206 valence electrons. The van der Waals surface area contributed by atoms with E-state index in [1.165, 1.54) is 32.1 Å². The Morgan fingerprint density at radius 2 is 1.79 bits per heavy atom. The molecule has 1 atom stereocenters. The van der Waals surface area contributed by atoms with Crippen LogP contribution in [0, 0.1) is 12.8 Å². The maximum Gasteiger partial charge on any atom is 0.246 e. The van der Waals surface area contributed by atoms with Crippen molar-refractivity contribution in [2.45, 2.75) is 96.2 Å². The van der Waals surface area contributed by atoms with Gasteiger partial charge in [0.1, 0.15) is 16.7 Å². The molecule has 3 aliphatic rings. The van der Waals surface area contributed by atoms with E-state index >= 15 is 0 Å². The van der Waals surface area contributed by atoms with Crippen molar-refractivity contribution in [3.8, 4) is 5.69 Å². The number of nitrogens with zero attached hydrogens (tertiary/aromatic N) is 4. The van der Waals surface area contributed by atoms with Crippen molar-refractivity contribution >= 4 is 23.4 Å². The number of amides is 2. The average molecular weight is 540 g/mol. The Hall–Kier alpha value is -2.38. The molecule has 1 saturated carbocycles. The molecule has 1 spiro atoms. The SMILES string of the molecule is CCCCN1C(=O)C(CC2CCCCC2)NC(=O)C12CCN(Cc1c(C)nn(-c3ccccc3)c1Cl)CC2. The van der Waals surface area contributed by atoms with Gasteiger partial charge in [0.15, 0.2) is 0 Å². The second kappa shape index (κ2) is 11.8. The number of para-hydroxylation sites is 1. The van der Waals surface area contributed by atoms with Gasteiger partial charge >= 0.3 is 0 Å². The number of unbranched alkanes of at least 4 members (excludes halogenated alkanes) is 1. The fraction of sp³-hybridized carbons (Fsp3) is 0.633. The molecular formula is C30H42ClN5O2. The second-order valence-electron chi connectivity index (χ2n) is 11.5. The van der Waals surface area contributed by atoms with Gasteiger partial charge in [0, 0.05) is 31.7 Å². The molecule has 1 aromatic carbocycles. The number of nitrogens with one attached hydrogen (secondary N) is 1. The molecule has 0 bridgehead atoms. The summed E-state index contributed by atoms with van der Waals surface area (Å²) in [5.74, 6) is 0.742. The van der Waals surface area contributed by atoms with Crippen LogP contribution in [0.2, 0.25) is 5.15 Å². The molecule has 0 radical (unpaired) electrons. The molecule has 1 unspecified atom stereocenters. The van der Waals surface area contributed by atoms with Gasteiger partial charge in [0.05, 0.1) is 11.4 Å². The molecule has 2 amide bonds. The first kappa shape index (κ1) is 27.2. The molecule has 7 nitrogen and oxygen atoms in total. The Balaban J connectivity index is 1.28. The van der Waals surface area contributed by atoms with Crippen LogP contribution in [0.4, 0.5) is 0 Å². The molecule has 8 heteroatoms. The molecule has 5 rings (SSSR count). The normalized spacial score (nSPS) is 22.7. The number of aromatic nitrogens is 2. The predicted molar refractivity (Wildman–Crippen MR) is 150 cm³/mol. The summed E-state index contributed by atoms with van der Waals surface area (Å²) < 4.78 is 1.80. The number of halogens is 1. The number of piperazine rings is 1. The summed E-state index contributed by atoms with van der Waals surface area (Å²) in [6.45, 7) is 6.97. The highest BCUT2D eigenvalue weighted by atomic mass is 35.5. The lowest BCUT2D eigenvalue weighted by atomic mass is 9.79. The predicted octanol–water partition coefficient (Wildman–Crippen LogP) is 5.27. The third-order valence-electron chi connectivity index (χ3n) is 9.03. The Bertz CT molecular complexity index is 1120. The molecular weight excluding hydrogens is 498 g/mol. The molecule has 38 heavy (non-hydrogen) atoms. The zero-order valence-electron chi connectivity index (χ0n) is 22.9. The second-order valence-corrected chi connectivity index (χ2v) is 11.9. The van der Waals surface area contributed by atoms with Crippen molar-refractivity contribution in [2.75, 3.05) is 19.6 Å². The standard InChI is InChI=1S/C30H42ClN5O2/c1-3-4-17-35-28(37)26(20-23-11-7-5-8-12-23)32-29(38)30(35)15-18-34(19-16-30)21-25-22(2)33-36(27(25)31)24-13-9-6-10-14-24/h6,9-10,13-14,23,26H,3-5,7-8,11-12,15-21H2,1-2H3,(H,32,38). The van der Waals surface area contributed by atoms with Crippen molar-refractivity contribution in [3.05, 3.63) is 46.7 Å². The summed E-state index contributed by atoms with van der Waals surface area (Å²) in [5, 5.41) is 8.53. The molecule has 2 aliphatic heterocycles. The van der Waals surface area contributed by atoms with Gasteiger partial charge in [-0.2, -0.15) is 5.10 Å². The lowest BCUT2D eigenvalue weighted by Gasteiger charge is -2.52. The smallest absolute Gasteiger partial charge is 0.246 e. The van der Waals surface area contributed by atoms with Gasteiger partial charge in [-0.15, -0.1) is 0 Å². The average Bonchev–Trinajstić information content (AvgIpc) is 3.22. The van der Waals surface area contributed by atoms with Crippen LogP contribution in [0.5, 0.6) is 0 Å². The van der Waals surface area contributed by atoms with Crippen LogP contribution in [0.15, 0.2) is 30.3 Å². The van der Waals surface area contributed by atoms with Crippen molar-refractivity contribution in [1.82, 2.24) is 24.9 Å². The van der Waals surface area contributed by atoms with Crippen LogP contribution < -0.4 is 5.32 Å². The zero-order chi connectivity index (χ0) is 26.7. The van der Waals surface area contributed by atoms with Gasteiger partial charge in [0.2, 0.25) is 11.8 Å². The van der Waals surface area contributed by atoms with E-state index in [0.717, 1.165) is 49.3 Å². The lowest BCUT2D eigenvalue weighted by molar-refractivity contribution is -0.162. The molecule has 3 heterocycles. The number of aryl methyl sites for hydroxylation is 1. The first-order valence-electron chi connectivity index (χ1n) is 14.6. The Kier molecular flexibility index (Phi) is 8.44. The van der Waals surface area contributed by atoms with E-state index in [2.05, 4.69) is 17.1 Å². The summed E-state index contributed by atoms with van der Waals surface area (Å²) in [4.78, 5) is 31.8. The number of piperidine rings is 1. The van der Waals surface area contributed by atoms with Crippen LogP contribution in [0.3, 0.4) is 0 Å². The highest BCUT2D eigenvalue weighted by Gasteiger charge is 2.53. The van der Waals surface area contributed by atoms with Gasteiger partial charge < -0.3 is 10.2 Å². The Morgan fingerprint density at radius 3 is 2.47 bits per heavy atom. The minimum Gasteiger partial charge on any atom is -0.342 e. The van der Waals surface area contributed by atoms with Crippen LogP contribution in [0.1, 0.15) is 82.4 Å². The van der Waals surface area contributed by atoms with E-state index in [1.54, 1.807) is 4.68 Å². The summed E-state index contributed by atoms with van der Waals surface area (Å²) in [6, 6.07) is 9.57. The molecule has 2 aromatic rings. The number of hydrogen-bond acceptors (Lipinski definition) is 4. The molecule has 2 saturated heterocycles. The Morgan fingerprint density at radius 1 is 1.08 bits per heavy atom. The van der Waals surface area contributed by atoms with E-state index in [4.69, 9.17) is 16.7 Å². The molecule has 1 N–H and O–H groups in total. The van der Waals surface area contributed by atoms with E-state index in [9.17, 15) is 9.59 Å².